The van der Waals surface area contributed by atoms with Gasteiger partial charge in [-0.2, -0.15) is 0 Å². The van der Waals surface area contributed by atoms with Crippen LogP contribution in [0.1, 0.15) is 22.5 Å². The van der Waals surface area contributed by atoms with E-state index < -0.39 is 0 Å². The van der Waals surface area contributed by atoms with Crippen LogP contribution in [0.25, 0.3) is 0 Å². The average Bonchev–Trinajstić information content (AvgIpc) is 3.02. The minimum Gasteiger partial charge on any atom is -0.337 e. The summed E-state index contributed by atoms with van der Waals surface area (Å²) < 4.78 is 1.03. The van der Waals surface area contributed by atoms with Gasteiger partial charge in [-0.15, -0.1) is 23.7 Å². The number of nitrogens with zero attached hydrogens (tertiary/aromatic N) is 1. The monoisotopic (exact) mass is 350 g/mol. The van der Waals surface area contributed by atoms with Crippen molar-refractivity contribution >= 4 is 45.6 Å². The van der Waals surface area contributed by atoms with Crippen molar-refractivity contribution in [2.45, 2.75) is 12.8 Å². The van der Waals surface area contributed by atoms with Gasteiger partial charge >= 0.3 is 0 Å². The topological polar surface area (TPSA) is 32.3 Å². The number of nitrogens with one attached hydrogen (secondary N) is 1. The highest BCUT2D eigenvalue weighted by Crippen LogP contribution is 2.37. The highest BCUT2D eigenvalue weighted by molar-refractivity contribution is 9.11. The molecule has 0 aromatic carbocycles. The van der Waals surface area contributed by atoms with E-state index in [1.807, 2.05) is 17.0 Å². The van der Waals surface area contributed by atoms with Crippen LogP contribution in [0.15, 0.2) is 15.9 Å². The summed E-state index contributed by atoms with van der Waals surface area (Å²) in [7, 11) is 0. The molecule has 0 bridgehead atoms. The highest BCUT2D eigenvalue weighted by Gasteiger charge is 2.42. The van der Waals surface area contributed by atoms with Crippen LogP contribution in [0.2, 0.25) is 0 Å². The van der Waals surface area contributed by atoms with Gasteiger partial charge in [-0.3, -0.25) is 4.79 Å². The first-order chi connectivity index (χ1) is 8.19. The maximum Gasteiger partial charge on any atom is 0.263 e. The van der Waals surface area contributed by atoms with Crippen molar-refractivity contribution in [3.8, 4) is 0 Å². The summed E-state index contributed by atoms with van der Waals surface area (Å²) in [6.45, 7) is 4.02. The molecule has 2 aliphatic rings. The first-order valence-corrected chi connectivity index (χ1v) is 7.55. The van der Waals surface area contributed by atoms with Crippen molar-refractivity contribution in [2.75, 3.05) is 26.2 Å². The molecule has 0 saturated carbocycles. The van der Waals surface area contributed by atoms with Crippen LogP contribution in [0, 0.1) is 5.41 Å². The molecule has 100 valence electrons. The summed E-state index contributed by atoms with van der Waals surface area (Å²) in [6, 6.07) is 3.86. The van der Waals surface area contributed by atoms with E-state index in [9.17, 15) is 4.79 Å². The lowest BCUT2D eigenvalue weighted by molar-refractivity contribution is 0.0780. The molecule has 2 saturated heterocycles. The number of halogens is 2. The van der Waals surface area contributed by atoms with Crippen LogP contribution in [0.5, 0.6) is 0 Å². The lowest BCUT2D eigenvalue weighted by Crippen LogP contribution is -2.32. The van der Waals surface area contributed by atoms with Gasteiger partial charge in [-0.25, -0.2) is 0 Å². The third kappa shape index (κ3) is 2.59. The number of hydrogen-bond acceptors (Lipinski definition) is 3. The Labute approximate surface area is 125 Å². The number of hydrogen-bond donors (Lipinski definition) is 1. The van der Waals surface area contributed by atoms with Gasteiger partial charge in [0.25, 0.3) is 5.91 Å². The van der Waals surface area contributed by atoms with Crippen LogP contribution in [-0.4, -0.2) is 37.0 Å². The van der Waals surface area contributed by atoms with Crippen LogP contribution in [-0.2, 0) is 0 Å². The van der Waals surface area contributed by atoms with Crippen molar-refractivity contribution in [3.63, 3.8) is 0 Å². The lowest BCUT2D eigenvalue weighted by Gasteiger charge is -2.22. The maximum atomic E-state index is 12.3. The highest BCUT2D eigenvalue weighted by atomic mass is 79.9. The van der Waals surface area contributed by atoms with E-state index in [1.165, 1.54) is 17.8 Å². The fourth-order valence-corrected chi connectivity index (χ4v) is 4.19. The molecule has 1 aromatic rings. The van der Waals surface area contributed by atoms with Crippen LogP contribution in [0.4, 0.5) is 0 Å². The lowest BCUT2D eigenvalue weighted by atomic mass is 9.87. The largest absolute Gasteiger partial charge is 0.337 e. The zero-order chi connectivity index (χ0) is 11.9. The number of thiophene rings is 1. The molecule has 6 heteroatoms. The Morgan fingerprint density at radius 2 is 2.28 bits per heavy atom. The molecule has 0 radical (unpaired) electrons. The second kappa shape index (κ2) is 5.49. The summed E-state index contributed by atoms with van der Waals surface area (Å²) >= 11 is 4.93. The third-order valence-corrected chi connectivity index (χ3v) is 5.45. The molecule has 1 atom stereocenters. The molecule has 1 N–H and O–H groups in total. The van der Waals surface area contributed by atoms with E-state index in [2.05, 4.69) is 21.2 Å². The van der Waals surface area contributed by atoms with Crippen molar-refractivity contribution in [1.82, 2.24) is 10.2 Å². The van der Waals surface area contributed by atoms with Crippen LogP contribution >= 0.6 is 39.7 Å². The number of amides is 1. The molecule has 2 fully saturated rings. The smallest absolute Gasteiger partial charge is 0.263 e. The van der Waals surface area contributed by atoms with E-state index in [4.69, 9.17) is 0 Å². The van der Waals surface area contributed by atoms with Gasteiger partial charge in [-0.05, 0) is 47.4 Å². The molecule has 2 aliphatic heterocycles. The van der Waals surface area contributed by atoms with Gasteiger partial charge < -0.3 is 10.2 Å². The average molecular weight is 352 g/mol. The first kappa shape index (κ1) is 14.3. The van der Waals surface area contributed by atoms with Gasteiger partial charge in [-0.1, -0.05) is 0 Å². The fourth-order valence-electron chi connectivity index (χ4n) is 2.84. The fraction of sp³-hybridized carbons (Fsp3) is 0.583. The molecule has 3 nitrogen and oxygen atoms in total. The van der Waals surface area contributed by atoms with Crippen molar-refractivity contribution in [2.24, 2.45) is 5.41 Å². The SMILES string of the molecule is Cl.O=C(c1ccc(Br)s1)N1CCC2(CCNC2)C1. The Morgan fingerprint density at radius 3 is 2.89 bits per heavy atom. The van der Waals surface area contributed by atoms with Gasteiger partial charge in [0.1, 0.15) is 0 Å². The summed E-state index contributed by atoms with van der Waals surface area (Å²) in [5, 5.41) is 3.42. The van der Waals surface area contributed by atoms with Gasteiger partial charge in [0.2, 0.25) is 0 Å². The summed E-state index contributed by atoms with van der Waals surface area (Å²) in [4.78, 5) is 15.2. The molecule has 18 heavy (non-hydrogen) atoms. The van der Waals surface area contributed by atoms with Crippen LogP contribution < -0.4 is 5.32 Å². The molecular weight excluding hydrogens is 336 g/mol. The van der Waals surface area contributed by atoms with Crippen molar-refractivity contribution in [1.29, 1.82) is 0 Å². The quantitative estimate of drug-likeness (QED) is 0.844. The third-order valence-electron chi connectivity index (χ3n) is 3.84. The molecule has 3 rings (SSSR count). The Bertz CT molecular complexity index is 445. The normalized spacial score (nSPS) is 26.6. The van der Waals surface area contributed by atoms with Crippen molar-refractivity contribution < 1.29 is 4.79 Å². The zero-order valence-electron chi connectivity index (χ0n) is 9.95. The van der Waals surface area contributed by atoms with Gasteiger partial charge in [0.05, 0.1) is 8.66 Å². The summed E-state index contributed by atoms with van der Waals surface area (Å²) in [5.74, 6) is 0.199. The van der Waals surface area contributed by atoms with Crippen molar-refractivity contribution in [3.05, 3.63) is 20.8 Å². The molecule has 3 heterocycles. The second-order valence-electron chi connectivity index (χ2n) is 5.01. The van der Waals surface area contributed by atoms with E-state index >= 15 is 0 Å². The molecule has 1 aromatic heterocycles. The van der Waals surface area contributed by atoms with Gasteiger partial charge in [0, 0.05) is 25.0 Å². The number of likely N-dealkylation sites (tertiary alicyclic amines) is 1. The van der Waals surface area contributed by atoms with Crippen LogP contribution in [0.3, 0.4) is 0 Å². The Balaban J connectivity index is 0.00000120. The van der Waals surface area contributed by atoms with Gasteiger partial charge in [0.15, 0.2) is 0 Å². The summed E-state index contributed by atoms with van der Waals surface area (Å²) in [5.41, 5.74) is 0.365. The zero-order valence-corrected chi connectivity index (χ0v) is 13.2. The second-order valence-corrected chi connectivity index (χ2v) is 7.47. The predicted octanol–water partition coefficient (Wildman–Crippen LogP) is 2.76. The van der Waals surface area contributed by atoms with E-state index in [0.717, 1.165) is 41.3 Å². The summed E-state index contributed by atoms with van der Waals surface area (Å²) in [6.07, 6.45) is 2.36. The van der Waals surface area contributed by atoms with E-state index in [1.54, 1.807) is 0 Å². The minimum absolute atomic E-state index is 0. The Hall–Kier alpha value is -0.100. The van der Waals surface area contributed by atoms with E-state index in [0.29, 0.717) is 5.41 Å². The number of rotatable bonds is 1. The first-order valence-electron chi connectivity index (χ1n) is 5.94. The maximum absolute atomic E-state index is 12.3. The molecular formula is C12H16BrClN2OS. The Kier molecular flexibility index (Phi) is 4.36. The minimum atomic E-state index is 0. The molecule has 1 spiro atoms. The standard InChI is InChI=1S/C12H15BrN2OS.ClH/c13-10-2-1-9(17-10)11(16)15-6-4-12(8-15)3-5-14-7-12;/h1-2,14H,3-8H2;1H. The number of carbonyl (C=O) groups excluding carboxylic acids is 1. The molecule has 1 unspecified atom stereocenters. The molecule has 1 amide bonds. The molecule has 0 aliphatic carbocycles. The Morgan fingerprint density at radius 1 is 1.44 bits per heavy atom. The van der Waals surface area contributed by atoms with E-state index in [-0.39, 0.29) is 18.3 Å². The number of carbonyl (C=O) groups is 1. The predicted molar refractivity (Wildman–Crippen MR) is 79.7 cm³/mol.